The molecule has 6 N–H and O–H groups in total. The Bertz CT molecular complexity index is 68.6. The molecule has 0 aromatic carbocycles. The van der Waals surface area contributed by atoms with Crippen molar-refractivity contribution in [3.8, 4) is 0 Å². The monoisotopic (exact) mass is 189 g/mol. The van der Waals surface area contributed by atoms with E-state index in [1.807, 2.05) is 0 Å². The standard InChI is InChI=1S/C6H13N.C3H9N.CH5N/c7-6-4-2-1-3-5-6;1-2-3-4;1-2/h6H,1-5,7H2;2-4H2,1H3;2H2,1H3. The number of rotatable bonds is 1. The zero-order valence-corrected chi connectivity index (χ0v) is 9.26. The maximum absolute atomic E-state index is 5.63. The molecule has 0 aromatic rings. The summed E-state index contributed by atoms with van der Waals surface area (Å²) >= 11 is 0. The third-order valence-corrected chi connectivity index (χ3v) is 1.94. The van der Waals surface area contributed by atoms with Crippen molar-refractivity contribution >= 4 is 0 Å². The van der Waals surface area contributed by atoms with Gasteiger partial charge in [0, 0.05) is 6.04 Å². The highest BCUT2D eigenvalue weighted by atomic mass is 14.6. The van der Waals surface area contributed by atoms with Crippen molar-refractivity contribution in [2.24, 2.45) is 17.2 Å². The van der Waals surface area contributed by atoms with Crippen LogP contribution in [0.1, 0.15) is 45.4 Å². The molecule has 82 valence electrons. The summed E-state index contributed by atoms with van der Waals surface area (Å²) in [7, 11) is 1.50. The molecule has 1 rings (SSSR count). The van der Waals surface area contributed by atoms with Crippen molar-refractivity contribution in [3.05, 3.63) is 0 Å². The predicted molar refractivity (Wildman–Crippen MR) is 60.5 cm³/mol. The van der Waals surface area contributed by atoms with Crippen LogP contribution in [0.3, 0.4) is 0 Å². The minimum Gasteiger partial charge on any atom is -0.333 e. The largest absolute Gasteiger partial charge is 0.333 e. The number of hydrogen-bond acceptors (Lipinski definition) is 3. The summed E-state index contributed by atoms with van der Waals surface area (Å²) in [6, 6.07) is 0.536. The Hall–Kier alpha value is -0.120. The molecule has 0 atom stereocenters. The average molecular weight is 189 g/mol. The third kappa shape index (κ3) is 14.7. The van der Waals surface area contributed by atoms with Gasteiger partial charge in [0.1, 0.15) is 0 Å². The van der Waals surface area contributed by atoms with Crippen LogP contribution >= 0.6 is 0 Å². The fourth-order valence-electron chi connectivity index (χ4n) is 1.13. The Labute approximate surface area is 83.0 Å². The molecule has 3 heteroatoms. The van der Waals surface area contributed by atoms with Gasteiger partial charge in [-0.15, -0.1) is 0 Å². The highest BCUT2D eigenvalue weighted by Crippen LogP contribution is 2.14. The van der Waals surface area contributed by atoms with E-state index < -0.39 is 0 Å². The van der Waals surface area contributed by atoms with E-state index in [0.717, 1.165) is 13.0 Å². The van der Waals surface area contributed by atoms with Crippen LogP contribution in [0, 0.1) is 0 Å². The minimum atomic E-state index is 0.536. The second-order valence-corrected chi connectivity index (χ2v) is 3.19. The molecule has 1 fully saturated rings. The van der Waals surface area contributed by atoms with Gasteiger partial charge in [-0.25, -0.2) is 0 Å². The summed E-state index contributed by atoms with van der Waals surface area (Å²) in [6.45, 7) is 2.88. The van der Waals surface area contributed by atoms with Crippen LogP contribution in [-0.2, 0) is 0 Å². The van der Waals surface area contributed by atoms with Gasteiger partial charge in [-0.2, -0.15) is 0 Å². The normalized spacial score (nSPS) is 16.4. The van der Waals surface area contributed by atoms with Crippen molar-refractivity contribution < 1.29 is 0 Å². The first-order chi connectivity index (χ1) is 6.31. The molecule has 0 aliphatic heterocycles. The van der Waals surface area contributed by atoms with E-state index in [4.69, 9.17) is 11.5 Å². The van der Waals surface area contributed by atoms with Crippen LogP contribution in [0.15, 0.2) is 0 Å². The molecule has 1 aliphatic carbocycles. The highest BCUT2D eigenvalue weighted by Gasteiger charge is 2.06. The van der Waals surface area contributed by atoms with Crippen LogP contribution in [-0.4, -0.2) is 19.6 Å². The summed E-state index contributed by atoms with van der Waals surface area (Å²) in [6.07, 6.45) is 7.76. The SMILES string of the molecule is CCCN.CN.NC1CCCCC1. The van der Waals surface area contributed by atoms with E-state index >= 15 is 0 Å². The number of nitrogens with two attached hydrogens (primary N) is 3. The van der Waals surface area contributed by atoms with E-state index in [9.17, 15) is 0 Å². The Balaban J connectivity index is 0. The second kappa shape index (κ2) is 14.4. The first-order valence-corrected chi connectivity index (χ1v) is 5.34. The molecule has 1 aliphatic rings. The molecular weight excluding hydrogens is 162 g/mol. The van der Waals surface area contributed by atoms with E-state index in [2.05, 4.69) is 12.7 Å². The van der Waals surface area contributed by atoms with E-state index in [-0.39, 0.29) is 0 Å². The second-order valence-electron chi connectivity index (χ2n) is 3.19. The Morgan fingerprint density at radius 1 is 1.08 bits per heavy atom. The van der Waals surface area contributed by atoms with Gasteiger partial charge in [0.25, 0.3) is 0 Å². The number of hydrogen-bond donors (Lipinski definition) is 3. The molecule has 13 heavy (non-hydrogen) atoms. The van der Waals surface area contributed by atoms with Crippen molar-refractivity contribution in [1.29, 1.82) is 0 Å². The molecule has 0 bridgehead atoms. The van der Waals surface area contributed by atoms with Crippen LogP contribution in [0.4, 0.5) is 0 Å². The highest BCUT2D eigenvalue weighted by molar-refractivity contribution is 4.66. The van der Waals surface area contributed by atoms with Crippen LogP contribution in [0.25, 0.3) is 0 Å². The van der Waals surface area contributed by atoms with Gasteiger partial charge in [0.2, 0.25) is 0 Å². The fraction of sp³-hybridized carbons (Fsp3) is 1.00. The van der Waals surface area contributed by atoms with Crippen molar-refractivity contribution in [1.82, 2.24) is 0 Å². The summed E-state index contributed by atoms with van der Waals surface area (Å²) in [5.41, 5.74) is 15.2. The quantitative estimate of drug-likeness (QED) is 0.580. The molecule has 0 spiro atoms. The smallest absolute Gasteiger partial charge is 0.00388 e. The van der Waals surface area contributed by atoms with Gasteiger partial charge in [0.05, 0.1) is 0 Å². The first-order valence-electron chi connectivity index (χ1n) is 5.34. The van der Waals surface area contributed by atoms with E-state index in [1.165, 1.54) is 39.2 Å². The summed E-state index contributed by atoms with van der Waals surface area (Å²) in [4.78, 5) is 0. The average Bonchev–Trinajstić information content (AvgIpc) is 2.22. The lowest BCUT2D eigenvalue weighted by Crippen LogP contribution is -2.22. The molecule has 0 heterocycles. The van der Waals surface area contributed by atoms with Gasteiger partial charge >= 0.3 is 0 Å². The van der Waals surface area contributed by atoms with Gasteiger partial charge in [-0.05, 0) is 32.9 Å². The maximum atomic E-state index is 5.63. The first kappa shape index (κ1) is 15.4. The van der Waals surface area contributed by atoms with Crippen LogP contribution < -0.4 is 17.2 Å². The van der Waals surface area contributed by atoms with Gasteiger partial charge < -0.3 is 17.2 Å². The summed E-state index contributed by atoms with van der Waals surface area (Å²) < 4.78 is 0. The summed E-state index contributed by atoms with van der Waals surface area (Å²) in [5.74, 6) is 0. The Morgan fingerprint density at radius 2 is 1.46 bits per heavy atom. The van der Waals surface area contributed by atoms with Crippen molar-refractivity contribution in [2.75, 3.05) is 13.6 Å². The van der Waals surface area contributed by atoms with Crippen molar-refractivity contribution in [3.63, 3.8) is 0 Å². The molecule has 0 aromatic heterocycles. The summed E-state index contributed by atoms with van der Waals surface area (Å²) in [5, 5.41) is 0. The molecule has 0 unspecified atom stereocenters. The zero-order valence-electron chi connectivity index (χ0n) is 9.26. The van der Waals surface area contributed by atoms with Gasteiger partial charge in [-0.3, -0.25) is 0 Å². The molecule has 0 radical (unpaired) electrons. The van der Waals surface area contributed by atoms with E-state index in [0.29, 0.717) is 6.04 Å². The lowest BCUT2D eigenvalue weighted by molar-refractivity contribution is 0.441. The predicted octanol–water partition coefficient (Wildman–Crippen LogP) is 1.21. The molecule has 3 nitrogen and oxygen atoms in total. The van der Waals surface area contributed by atoms with Gasteiger partial charge in [-0.1, -0.05) is 26.2 Å². The molecule has 0 amide bonds. The minimum absolute atomic E-state index is 0.536. The molecule has 0 saturated heterocycles. The lowest BCUT2D eigenvalue weighted by atomic mass is 9.97. The maximum Gasteiger partial charge on any atom is 0.00388 e. The molecule has 1 saturated carbocycles. The van der Waals surface area contributed by atoms with Gasteiger partial charge in [0.15, 0.2) is 0 Å². The molecular formula is C10H27N3. The Morgan fingerprint density at radius 3 is 1.62 bits per heavy atom. The third-order valence-electron chi connectivity index (χ3n) is 1.94. The lowest BCUT2D eigenvalue weighted by Gasteiger charge is -2.15. The fourth-order valence-corrected chi connectivity index (χ4v) is 1.13. The van der Waals surface area contributed by atoms with Crippen molar-refractivity contribution in [2.45, 2.75) is 51.5 Å². The van der Waals surface area contributed by atoms with E-state index in [1.54, 1.807) is 0 Å². The zero-order chi connectivity index (χ0) is 10.5. The Kier molecular flexibility index (Phi) is 17.0. The van der Waals surface area contributed by atoms with Crippen LogP contribution in [0.5, 0.6) is 0 Å². The topological polar surface area (TPSA) is 78.1 Å². The van der Waals surface area contributed by atoms with Crippen LogP contribution in [0.2, 0.25) is 0 Å².